The van der Waals surface area contributed by atoms with E-state index in [9.17, 15) is 14.9 Å². The molecule has 0 aliphatic heterocycles. The first kappa shape index (κ1) is 7.87. The first-order chi connectivity index (χ1) is 3.98. The maximum absolute atomic E-state index is 10.00. The minimum absolute atomic E-state index is 0.482. The molecule has 0 aromatic carbocycles. The van der Waals surface area contributed by atoms with Gasteiger partial charge in [-0.05, 0) is 13.8 Å². The lowest BCUT2D eigenvalue weighted by atomic mass is 10.1. The molecule has 0 saturated heterocycles. The van der Waals surface area contributed by atoms with Gasteiger partial charge in [0.25, 0.3) is 0 Å². The second kappa shape index (κ2) is 2.43. The van der Waals surface area contributed by atoms with Crippen LogP contribution in [-0.2, 0) is 4.79 Å². The van der Waals surface area contributed by atoms with Crippen LogP contribution in [0.3, 0.4) is 0 Å². The third kappa shape index (κ3) is 3.45. The van der Waals surface area contributed by atoms with E-state index >= 15 is 0 Å². The molecule has 0 rings (SSSR count). The fourth-order valence-corrected chi connectivity index (χ4v) is 0.262. The quantitative estimate of drug-likeness (QED) is 0.326. The Balaban J connectivity index is 3.86. The lowest BCUT2D eigenvalue weighted by Crippen LogP contribution is -2.44. The van der Waals surface area contributed by atoms with Crippen LogP contribution in [0.5, 0.6) is 0 Å². The van der Waals surface area contributed by atoms with Crippen LogP contribution in [0.2, 0.25) is 0 Å². The van der Waals surface area contributed by atoms with Crippen LogP contribution >= 0.6 is 0 Å². The monoisotopic (exact) mass is 132 g/mol. The summed E-state index contributed by atoms with van der Waals surface area (Å²) in [4.78, 5) is 19.7. The number of nitrogens with zero attached hydrogens (tertiary/aromatic N) is 1. The summed E-state index contributed by atoms with van der Waals surface area (Å²) < 4.78 is 0. The molecule has 0 spiro atoms. The lowest BCUT2D eigenvalue weighted by Gasteiger charge is -2.10. The van der Waals surface area contributed by atoms with E-state index < -0.39 is 10.6 Å². The number of nitrogens with one attached hydrogen (secondary N) is 1. The van der Waals surface area contributed by atoms with Gasteiger partial charge in [0.15, 0.2) is 11.3 Å². The van der Waals surface area contributed by atoms with Gasteiger partial charge >= 0.3 is 0 Å². The number of rotatable bonds is 3. The fourth-order valence-electron chi connectivity index (χ4n) is 0.262. The molecule has 5 nitrogen and oxygen atoms in total. The van der Waals surface area contributed by atoms with Crippen molar-refractivity contribution in [3.05, 3.63) is 10.1 Å². The van der Waals surface area contributed by atoms with Crippen molar-refractivity contribution in [1.82, 2.24) is 5.43 Å². The van der Waals surface area contributed by atoms with Crippen LogP contribution in [0.25, 0.3) is 0 Å². The Bertz CT molecular complexity index is 132. The van der Waals surface area contributed by atoms with Gasteiger partial charge in [-0.15, -0.1) is 5.43 Å². The molecule has 0 radical (unpaired) electrons. The molecule has 0 aliphatic carbocycles. The van der Waals surface area contributed by atoms with Crippen LogP contribution in [0.4, 0.5) is 0 Å². The van der Waals surface area contributed by atoms with Crippen molar-refractivity contribution in [1.29, 1.82) is 0 Å². The highest BCUT2D eigenvalue weighted by atomic mass is 16.7. The molecule has 0 unspecified atom stereocenters. The highest BCUT2D eigenvalue weighted by Gasteiger charge is 2.20. The van der Waals surface area contributed by atoms with E-state index in [1.807, 2.05) is 5.43 Å². The van der Waals surface area contributed by atoms with Gasteiger partial charge in [-0.2, -0.15) is 0 Å². The van der Waals surface area contributed by atoms with Crippen molar-refractivity contribution >= 4 is 6.29 Å². The minimum atomic E-state index is -1.07. The average Bonchev–Trinajstić information content (AvgIpc) is 1.63. The zero-order valence-corrected chi connectivity index (χ0v) is 5.25. The normalized spacial score (nSPS) is 10.4. The zero-order valence-electron chi connectivity index (χ0n) is 5.25. The van der Waals surface area contributed by atoms with Crippen molar-refractivity contribution in [2.75, 3.05) is 0 Å². The summed E-state index contributed by atoms with van der Waals surface area (Å²) in [6.45, 7) is 2.84. The number of aldehydes is 1. The second-order valence-electron chi connectivity index (χ2n) is 2.21. The fraction of sp³-hybridized carbons (Fsp3) is 0.750. The highest BCUT2D eigenvalue weighted by molar-refractivity contribution is 5.62. The van der Waals surface area contributed by atoms with E-state index in [1.54, 1.807) is 0 Å². The SMILES string of the molecule is CC(C)(C=O)N[N+](=O)[O-]. The van der Waals surface area contributed by atoms with E-state index in [2.05, 4.69) is 0 Å². The summed E-state index contributed by atoms with van der Waals surface area (Å²) in [5, 5.41) is 8.97. The van der Waals surface area contributed by atoms with Gasteiger partial charge in [0.1, 0.15) is 5.54 Å². The van der Waals surface area contributed by atoms with E-state index in [0.29, 0.717) is 6.29 Å². The largest absolute Gasteiger partial charge is 0.301 e. The maximum Gasteiger partial charge on any atom is 0.158 e. The number of hydrogen-bond acceptors (Lipinski definition) is 3. The maximum atomic E-state index is 10.00. The number of carbonyl (C=O) groups excluding carboxylic acids is 1. The molecule has 0 aromatic rings. The summed E-state index contributed by atoms with van der Waals surface area (Å²) in [5.41, 5.74) is 0.757. The molecular weight excluding hydrogens is 124 g/mol. The molecule has 0 aromatic heterocycles. The topological polar surface area (TPSA) is 72.2 Å². The Morgan fingerprint density at radius 2 is 2.11 bits per heavy atom. The molecule has 0 heterocycles. The Labute approximate surface area is 52.2 Å². The Morgan fingerprint density at radius 1 is 1.67 bits per heavy atom. The van der Waals surface area contributed by atoms with Crippen LogP contribution in [0.15, 0.2) is 0 Å². The molecule has 5 heteroatoms. The van der Waals surface area contributed by atoms with Gasteiger partial charge in [-0.25, -0.2) is 10.1 Å². The molecule has 0 amide bonds. The summed E-state index contributed by atoms with van der Waals surface area (Å²) in [5.74, 6) is 0. The molecule has 0 saturated carbocycles. The lowest BCUT2D eigenvalue weighted by molar-refractivity contribution is -0.554. The molecule has 0 aliphatic rings. The summed E-state index contributed by atoms with van der Waals surface area (Å²) in [7, 11) is 0. The number of carbonyl (C=O) groups is 1. The van der Waals surface area contributed by atoms with E-state index in [4.69, 9.17) is 0 Å². The number of nitro groups is 1. The van der Waals surface area contributed by atoms with Gasteiger partial charge in [0.05, 0.1) is 0 Å². The summed E-state index contributed by atoms with van der Waals surface area (Å²) >= 11 is 0. The van der Waals surface area contributed by atoms with Crippen molar-refractivity contribution in [3.8, 4) is 0 Å². The summed E-state index contributed by atoms with van der Waals surface area (Å²) in [6, 6.07) is 0. The Kier molecular flexibility index (Phi) is 2.12. The first-order valence-electron chi connectivity index (χ1n) is 2.36. The molecule has 1 N–H and O–H groups in total. The van der Waals surface area contributed by atoms with Crippen LogP contribution in [0.1, 0.15) is 13.8 Å². The van der Waals surface area contributed by atoms with Gasteiger partial charge in [0, 0.05) is 0 Å². The third-order valence-corrected chi connectivity index (χ3v) is 0.674. The number of hydrogen-bond donors (Lipinski definition) is 1. The molecular formula is C4H8N2O3. The van der Waals surface area contributed by atoms with Gasteiger partial charge in [-0.1, -0.05) is 0 Å². The van der Waals surface area contributed by atoms with Crippen molar-refractivity contribution in [2.24, 2.45) is 0 Å². The minimum Gasteiger partial charge on any atom is -0.301 e. The van der Waals surface area contributed by atoms with Crippen LogP contribution in [-0.4, -0.2) is 16.9 Å². The van der Waals surface area contributed by atoms with Gasteiger partial charge < -0.3 is 4.79 Å². The van der Waals surface area contributed by atoms with Gasteiger partial charge in [0.2, 0.25) is 0 Å². The molecule has 9 heavy (non-hydrogen) atoms. The van der Waals surface area contributed by atoms with E-state index in [1.165, 1.54) is 13.8 Å². The average molecular weight is 132 g/mol. The van der Waals surface area contributed by atoms with Crippen LogP contribution in [0, 0.1) is 10.1 Å². The Morgan fingerprint density at radius 3 is 2.22 bits per heavy atom. The molecule has 0 atom stereocenters. The predicted octanol–water partition coefficient (Wildman–Crippen LogP) is -0.255. The molecule has 52 valence electrons. The molecule has 0 fully saturated rings. The van der Waals surface area contributed by atoms with Crippen molar-refractivity contribution in [2.45, 2.75) is 19.4 Å². The van der Waals surface area contributed by atoms with E-state index in [0.717, 1.165) is 0 Å². The summed E-state index contributed by atoms with van der Waals surface area (Å²) in [6.07, 6.45) is 0.482. The van der Waals surface area contributed by atoms with Gasteiger partial charge in [-0.3, -0.25) is 0 Å². The van der Waals surface area contributed by atoms with Crippen molar-refractivity contribution in [3.63, 3.8) is 0 Å². The second-order valence-corrected chi connectivity index (χ2v) is 2.21. The number of hydrazine groups is 1. The smallest absolute Gasteiger partial charge is 0.158 e. The van der Waals surface area contributed by atoms with Crippen molar-refractivity contribution < 1.29 is 9.83 Å². The zero-order chi connectivity index (χ0) is 7.49. The first-order valence-corrected chi connectivity index (χ1v) is 2.36. The predicted molar refractivity (Wildman–Crippen MR) is 30.3 cm³/mol. The highest BCUT2D eigenvalue weighted by Crippen LogP contribution is 1.93. The standard InChI is InChI=1S/C4H8N2O3/c1-4(2,3-7)5-6(8)9/h3,5H,1-2H3. The molecule has 0 bridgehead atoms. The van der Waals surface area contributed by atoms with E-state index in [-0.39, 0.29) is 0 Å². The Hall–Kier alpha value is -1.13. The van der Waals surface area contributed by atoms with Crippen LogP contribution < -0.4 is 5.43 Å². The third-order valence-electron chi connectivity index (χ3n) is 0.674.